The van der Waals surface area contributed by atoms with Gasteiger partial charge in [0.1, 0.15) is 0 Å². The molecule has 5 nitrogen and oxygen atoms in total. The molecular formula is C13H13N3O2S. The molecule has 1 aromatic heterocycles. The van der Waals surface area contributed by atoms with Crippen molar-refractivity contribution in [2.45, 2.75) is 30.0 Å². The number of carboxylic acid groups (broad SMARTS) is 1. The van der Waals surface area contributed by atoms with E-state index in [-0.39, 0.29) is 5.69 Å². The van der Waals surface area contributed by atoms with Gasteiger partial charge in [-0.1, -0.05) is 23.4 Å². The number of carboxylic acids is 1. The molecule has 0 saturated heterocycles. The molecule has 0 bridgehead atoms. The van der Waals surface area contributed by atoms with Crippen LogP contribution in [0.4, 0.5) is 0 Å². The van der Waals surface area contributed by atoms with E-state index in [4.69, 9.17) is 5.11 Å². The van der Waals surface area contributed by atoms with Gasteiger partial charge in [-0.3, -0.25) is 0 Å². The SMILES string of the molecule is Cc1c(C(=O)O)nnn1CC1Cc2ccccc2S1. The number of rotatable bonds is 3. The lowest BCUT2D eigenvalue weighted by Gasteiger charge is -2.09. The summed E-state index contributed by atoms with van der Waals surface area (Å²) in [5.41, 5.74) is 2.01. The Morgan fingerprint density at radius 1 is 1.53 bits per heavy atom. The third-order valence-corrected chi connectivity index (χ3v) is 4.58. The Bertz CT molecular complexity index is 614. The van der Waals surface area contributed by atoms with E-state index in [1.165, 1.54) is 10.5 Å². The van der Waals surface area contributed by atoms with Crippen LogP contribution in [0.25, 0.3) is 0 Å². The van der Waals surface area contributed by atoms with Crippen molar-refractivity contribution in [1.82, 2.24) is 15.0 Å². The number of hydrogen-bond donors (Lipinski definition) is 1. The van der Waals surface area contributed by atoms with Crippen molar-refractivity contribution >= 4 is 17.7 Å². The van der Waals surface area contributed by atoms with E-state index in [1.54, 1.807) is 11.6 Å². The molecule has 1 aromatic carbocycles. The summed E-state index contributed by atoms with van der Waals surface area (Å²) < 4.78 is 1.69. The smallest absolute Gasteiger partial charge is 0.358 e. The van der Waals surface area contributed by atoms with Crippen LogP contribution in [0.3, 0.4) is 0 Å². The zero-order valence-electron chi connectivity index (χ0n) is 10.4. The van der Waals surface area contributed by atoms with Gasteiger partial charge in [-0.15, -0.1) is 16.9 Å². The molecule has 98 valence electrons. The molecule has 1 N–H and O–H groups in total. The molecule has 1 aliphatic heterocycles. The van der Waals surface area contributed by atoms with Crippen molar-refractivity contribution < 1.29 is 9.90 Å². The second-order valence-electron chi connectivity index (χ2n) is 4.56. The molecule has 2 heterocycles. The number of aromatic carboxylic acids is 1. The first-order valence-electron chi connectivity index (χ1n) is 6.03. The number of benzene rings is 1. The Labute approximate surface area is 114 Å². The number of carbonyl (C=O) groups is 1. The Morgan fingerprint density at radius 2 is 2.32 bits per heavy atom. The lowest BCUT2D eigenvalue weighted by atomic mass is 10.1. The second-order valence-corrected chi connectivity index (χ2v) is 5.90. The van der Waals surface area contributed by atoms with Crippen molar-refractivity contribution in [3.8, 4) is 0 Å². The van der Waals surface area contributed by atoms with E-state index in [1.807, 2.05) is 23.9 Å². The van der Waals surface area contributed by atoms with E-state index in [9.17, 15) is 4.79 Å². The van der Waals surface area contributed by atoms with E-state index in [2.05, 4.69) is 22.4 Å². The molecule has 2 aromatic rings. The third kappa shape index (κ3) is 2.23. The lowest BCUT2D eigenvalue weighted by Crippen LogP contribution is -2.15. The van der Waals surface area contributed by atoms with Gasteiger partial charge in [0.25, 0.3) is 0 Å². The molecule has 0 amide bonds. The summed E-state index contributed by atoms with van der Waals surface area (Å²) in [6.45, 7) is 2.43. The highest BCUT2D eigenvalue weighted by molar-refractivity contribution is 8.00. The Morgan fingerprint density at radius 3 is 3.00 bits per heavy atom. The zero-order chi connectivity index (χ0) is 13.4. The molecule has 0 spiro atoms. The van der Waals surface area contributed by atoms with Gasteiger partial charge in [-0.2, -0.15) is 0 Å². The highest BCUT2D eigenvalue weighted by atomic mass is 32.2. The molecule has 1 atom stereocenters. The normalized spacial score (nSPS) is 17.4. The van der Waals surface area contributed by atoms with Crippen molar-refractivity contribution in [3.05, 3.63) is 41.2 Å². The molecule has 1 unspecified atom stereocenters. The van der Waals surface area contributed by atoms with Gasteiger partial charge in [0, 0.05) is 10.1 Å². The summed E-state index contributed by atoms with van der Waals surface area (Å²) in [6.07, 6.45) is 0.989. The summed E-state index contributed by atoms with van der Waals surface area (Å²) in [6, 6.07) is 8.35. The number of aromatic nitrogens is 3. The minimum absolute atomic E-state index is 0.0421. The number of nitrogens with zero attached hydrogens (tertiary/aromatic N) is 3. The quantitative estimate of drug-likeness (QED) is 0.928. The summed E-state index contributed by atoms with van der Waals surface area (Å²) in [7, 11) is 0. The highest BCUT2D eigenvalue weighted by Gasteiger charge is 2.24. The summed E-state index contributed by atoms with van der Waals surface area (Å²) in [5, 5.41) is 17.0. The number of fused-ring (bicyclic) bond motifs is 1. The highest BCUT2D eigenvalue weighted by Crippen LogP contribution is 2.37. The molecule has 0 saturated carbocycles. The van der Waals surface area contributed by atoms with Crippen molar-refractivity contribution in [1.29, 1.82) is 0 Å². The van der Waals surface area contributed by atoms with Crippen LogP contribution in [-0.4, -0.2) is 31.3 Å². The van der Waals surface area contributed by atoms with Crippen LogP contribution >= 0.6 is 11.8 Å². The fourth-order valence-corrected chi connectivity index (χ4v) is 3.58. The topological polar surface area (TPSA) is 68.0 Å². The maximum atomic E-state index is 10.9. The van der Waals surface area contributed by atoms with Crippen LogP contribution in [0.2, 0.25) is 0 Å². The van der Waals surface area contributed by atoms with Crippen LogP contribution in [0.5, 0.6) is 0 Å². The molecule has 6 heteroatoms. The Kier molecular flexibility index (Phi) is 3.02. The first-order valence-corrected chi connectivity index (χ1v) is 6.91. The van der Waals surface area contributed by atoms with Crippen molar-refractivity contribution in [2.24, 2.45) is 0 Å². The molecule has 0 aliphatic carbocycles. The standard InChI is InChI=1S/C13H13N3O2S/c1-8-12(13(17)18)14-15-16(8)7-10-6-9-4-2-3-5-11(9)19-10/h2-5,10H,6-7H2,1H3,(H,17,18). The maximum absolute atomic E-state index is 10.9. The number of hydrogen-bond acceptors (Lipinski definition) is 4. The average molecular weight is 275 g/mol. The van der Waals surface area contributed by atoms with Crippen LogP contribution in [0, 0.1) is 6.92 Å². The van der Waals surface area contributed by atoms with Gasteiger partial charge in [0.05, 0.1) is 12.2 Å². The van der Waals surface area contributed by atoms with E-state index >= 15 is 0 Å². The molecule has 19 heavy (non-hydrogen) atoms. The second kappa shape index (κ2) is 4.70. The van der Waals surface area contributed by atoms with Crippen LogP contribution in [0.1, 0.15) is 21.7 Å². The zero-order valence-corrected chi connectivity index (χ0v) is 11.2. The largest absolute Gasteiger partial charge is 0.476 e. The fourth-order valence-electron chi connectivity index (χ4n) is 2.28. The summed E-state index contributed by atoms with van der Waals surface area (Å²) >= 11 is 1.82. The van der Waals surface area contributed by atoms with Crippen molar-refractivity contribution in [2.75, 3.05) is 0 Å². The summed E-state index contributed by atoms with van der Waals surface area (Å²) in [4.78, 5) is 12.2. The van der Waals surface area contributed by atoms with Gasteiger partial charge in [0.2, 0.25) is 0 Å². The van der Waals surface area contributed by atoms with Gasteiger partial charge in [-0.05, 0) is 25.0 Å². The minimum atomic E-state index is -1.02. The predicted octanol–water partition coefficient (Wildman–Crippen LogP) is 2.00. The van der Waals surface area contributed by atoms with Crippen LogP contribution < -0.4 is 0 Å². The van der Waals surface area contributed by atoms with Crippen LogP contribution in [-0.2, 0) is 13.0 Å². The third-order valence-electron chi connectivity index (χ3n) is 3.28. The monoisotopic (exact) mass is 275 g/mol. The van der Waals surface area contributed by atoms with E-state index in [0.717, 1.165) is 6.42 Å². The number of thioether (sulfide) groups is 1. The van der Waals surface area contributed by atoms with Crippen molar-refractivity contribution in [3.63, 3.8) is 0 Å². The lowest BCUT2D eigenvalue weighted by molar-refractivity contribution is 0.0689. The molecular weight excluding hydrogens is 262 g/mol. The van der Waals surface area contributed by atoms with Gasteiger partial charge >= 0.3 is 5.97 Å². The Hall–Kier alpha value is -1.82. The first-order chi connectivity index (χ1) is 9.15. The fraction of sp³-hybridized carbons (Fsp3) is 0.308. The van der Waals surface area contributed by atoms with E-state index < -0.39 is 5.97 Å². The first kappa shape index (κ1) is 12.2. The Balaban J connectivity index is 1.76. The molecule has 0 fully saturated rings. The molecule has 1 aliphatic rings. The summed E-state index contributed by atoms with van der Waals surface area (Å²) in [5.74, 6) is -1.02. The van der Waals surface area contributed by atoms with Gasteiger partial charge in [0.15, 0.2) is 5.69 Å². The minimum Gasteiger partial charge on any atom is -0.476 e. The van der Waals surface area contributed by atoms with Gasteiger partial charge in [-0.25, -0.2) is 9.48 Å². The molecule has 3 rings (SSSR count). The van der Waals surface area contributed by atoms with E-state index in [0.29, 0.717) is 17.5 Å². The average Bonchev–Trinajstić information content (AvgIpc) is 2.94. The predicted molar refractivity (Wildman–Crippen MR) is 71.5 cm³/mol. The maximum Gasteiger partial charge on any atom is 0.358 e. The van der Waals surface area contributed by atoms with Crippen LogP contribution in [0.15, 0.2) is 29.2 Å². The van der Waals surface area contributed by atoms with Gasteiger partial charge < -0.3 is 5.11 Å². The molecule has 0 radical (unpaired) electrons.